The Hall–Kier alpha value is -3.55. The van der Waals surface area contributed by atoms with E-state index in [4.69, 9.17) is 9.47 Å². The number of anilines is 2. The van der Waals surface area contributed by atoms with Crippen LogP contribution in [0.5, 0.6) is 11.5 Å². The Labute approximate surface area is 206 Å². The molecule has 0 aliphatic carbocycles. The quantitative estimate of drug-likeness (QED) is 0.391. The van der Waals surface area contributed by atoms with Crippen LogP contribution in [-0.2, 0) is 14.8 Å². The van der Waals surface area contributed by atoms with Gasteiger partial charge in [0, 0.05) is 26.2 Å². The number of carbonyl (C=O) groups excluding carboxylic acids is 1. The Bertz CT molecular complexity index is 1260. The Morgan fingerprint density at radius 2 is 1.71 bits per heavy atom. The van der Waals surface area contributed by atoms with Gasteiger partial charge in [-0.2, -0.15) is 9.57 Å². The number of ether oxygens (including phenoxy) is 2. The topological polar surface area (TPSA) is 112 Å². The van der Waals surface area contributed by atoms with Gasteiger partial charge in [-0.05, 0) is 55.8 Å². The highest BCUT2D eigenvalue weighted by molar-refractivity contribution is 7.89. The Morgan fingerprint density at radius 3 is 2.34 bits per heavy atom. The van der Waals surface area contributed by atoms with Crippen LogP contribution in [0.25, 0.3) is 6.08 Å². The van der Waals surface area contributed by atoms with Gasteiger partial charge in [-0.3, -0.25) is 4.79 Å². The summed E-state index contributed by atoms with van der Waals surface area (Å²) in [5.74, 6) is 0.491. The van der Waals surface area contributed by atoms with E-state index in [0.29, 0.717) is 54.6 Å². The first-order valence-electron chi connectivity index (χ1n) is 11.5. The number of hydrogen-bond donors (Lipinski definition) is 1. The van der Waals surface area contributed by atoms with Crippen LogP contribution in [-0.4, -0.2) is 51.6 Å². The van der Waals surface area contributed by atoms with E-state index in [2.05, 4.69) is 5.32 Å². The number of sulfonamides is 1. The number of nitrogens with zero attached hydrogens (tertiary/aromatic N) is 3. The minimum absolute atomic E-state index is 0.0747. The normalized spacial score (nSPS) is 13.0. The molecule has 0 spiro atoms. The van der Waals surface area contributed by atoms with Gasteiger partial charge in [0.2, 0.25) is 16.8 Å². The number of benzene rings is 2. The number of carbonyl (C=O) groups is 1. The maximum Gasteiger partial charge on any atom is 0.266 e. The molecule has 2 aromatic carbocycles. The highest BCUT2D eigenvalue weighted by Gasteiger charge is 2.24. The first kappa shape index (κ1) is 26.1. The van der Waals surface area contributed by atoms with Crippen molar-refractivity contribution in [3.63, 3.8) is 0 Å². The van der Waals surface area contributed by atoms with Crippen LogP contribution in [0, 0.1) is 11.3 Å². The molecule has 0 atom stereocenters. The second-order valence-corrected chi connectivity index (χ2v) is 9.62. The Morgan fingerprint density at radius 1 is 1.03 bits per heavy atom. The van der Waals surface area contributed by atoms with Crippen LogP contribution in [0.3, 0.4) is 0 Å². The number of amides is 1. The minimum Gasteiger partial charge on any atom is -0.454 e. The lowest BCUT2D eigenvalue weighted by atomic mass is 10.1. The summed E-state index contributed by atoms with van der Waals surface area (Å²) in [6, 6.07) is 11.7. The fourth-order valence-corrected chi connectivity index (χ4v) is 5.32. The van der Waals surface area contributed by atoms with Gasteiger partial charge in [0.25, 0.3) is 5.91 Å². The van der Waals surface area contributed by atoms with Crippen LogP contribution >= 0.6 is 0 Å². The third-order valence-corrected chi connectivity index (χ3v) is 7.78. The number of hydrogen-bond acceptors (Lipinski definition) is 7. The molecule has 0 radical (unpaired) electrons. The minimum atomic E-state index is -3.74. The molecule has 35 heavy (non-hydrogen) atoms. The van der Waals surface area contributed by atoms with Crippen molar-refractivity contribution >= 4 is 33.4 Å². The van der Waals surface area contributed by atoms with E-state index in [-0.39, 0.29) is 17.3 Å². The van der Waals surface area contributed by atoms with E-state index in [1.54, 1.807) is 44.2 Å². The van der Waals surface area contributed by atoms with Gasteiger partial charge >= 0.3 is 0 Å². The molecule has 1 aliphatic heterocycles. The van der Waals surface area contributed by atoms with Crippen LogP contribution < -0.4 is 19.7 Å². The molecule has 0 bridgehead atoms. The summed E-state index contributed by atoms with van der Waals surface area (Å²) in [6.45, 7) is 9.56. The fourth-order valence-electron chi connectivity index (χ4n) is 3.84. The number of fused-ring (bicyclic) bond motifs is 1. The van der Waals surface area contributed by atoms with Crippen molar-refractivity contribution in [3.05, 3.63) is 47.5 Å². The van der Waals surface area contributed by atoms with E-state index in [1.165, 1.54) is 16.4 Å². The molecule has 3 rings (SSSR count). The van der Waals surface area contributed by atoms with Gasteiger partial charge in [0.1, 0.15) is 11.6 Å². The van der Waals surface area contributed by atoms with Crippen molar-refractivity contribution in [2.24, 2.45) is 0 Å². The van der Waals surface area contributed by atoms with Gasteiger partial charge in [-0.15, -0.1) is 0 Å². The zero-order chi connectivity index (χ0) is 25.6. The first-order chi connectivity index (χ1) is 16.8. The molecular weight excluding hydrogens is 468 g/mol. The summed E-state index contributed by atoms with van der Waals surface area (Å²) in [6.07, 6.45) is 1.45. The molecule has 9 nitrogen and oxygen atoms in total. The Kier molecular flexibility index (Phi) is 8.38. The smallest absolute Gasteiger partial charge is 0.266 e. The van der Waals surface area contributed by atoms with Crippen molar-refractivity contribution in [1.82, 2.24) is 4.31 Å². The lowest BCUT2D eigenvalue weighted by Crippen LogP contribution is -2.31. The maximum atomic E-state index is 13.1. The molecule has 1 heterocycles. The van der Waals surface area contributed by atoms with Crippen molar-refractivity contribution < 1.29 is 22.7 Å². The third kappa shape index (κ3) is 5.58. The Balaban J connectivity index is 1.99. The lowest BCUT2D eigenvalue weighted by molar-refractivity contribution is -0.112. The predicted molar refractivity (Wildman–Crippen MR) is 135 cm³/mol. The molecule has 0 fully saturated rings. The summed E-state index contributed by atoms with van der Waals surface area (Å²) in [5.41, 5.74) is 1.45. The van der Waals surface area contributed by atoms with Gasteiger partial charge < -0.3 is 19.7 Å². The molecule has 1 aliphatic rings. The molecule has 186 valence electrons. The first-order valence-corrected chi connectivity index (χ1v) is 12.9. The molecule has 0 saturated carbocycles. The van der Waals surface area contributed by atoms with Gasteiger partial charge in [0.05, 0.1) is 16.3 Å². The van der Waals surface area contributed by atoms with Crippen LogP contribution in [0.15, 0.2) is 46.9 Å². The molecular formula is C25H30N4O5S. The zero-order valence-corrected chi connectivity index (χ0v) is 21.2. The van der Waals surface area contributed by atoms with Gasteiger partial charge in [-0.1, -0.05) is 19.9 Å². The van der Waals surface area contributed by atoms with Crippen molar-refractivity contribution in [1.29, 1.82) is 5.26 Å². The van der Waals surface area contributed by atoms with Gasteiger partial charge in [0.15, 0.2) is 11.5 Å². The molecule has 0 aromatic heterocycles. The highest BCUT2D eigenvalue weighted by atomic mass is 32.2. The highest BCUT2D eigenvalue weighted by Crippen LogP contribution is 2.34. The zero-order valence-electron chi connectivity index (χ0n) is 20.4. The van der Waals surface area contributed by atoms with Crippen molar-refractivity contribution in [2.75, 3.05) is 43.2 Å². The summed E-state index contributed by atoms with van der Waals surface area (Å²) in [4.78, 5) is 15.2. The third-order valence-electron chi connectivity index (χ3n) is 5.74. The summed E-state index contributed by atoms with van der Waals surface area (Å²) < 4.78 is 38.2. The van der Waals surface area contributed by atoms with E-state index in [9.17, 15) is 18.5 Å². The average molecular weight is 499 g/mol. The summed E-state index contributed by atoms with van der Waals surface area (Å²) in [5, 5.41) is 12.4. The van der Waals surface area contributed by atoms with Crippen LogP contribution in [0.1, 0.15) is 33.3 Å². The van der Waals surface area contributed by atoms with Crippen molar-refractivity contribution in [3.8, 4) is 17.6 Å². The van der Waals surface area contributed by atoms with E-state index in [1.807, 2.05) is 24.8 Å². The summed E-state index contributed by atoms with van der Waals surface area (Å²) >= 11 is 0. The lowest BCUT2D eigenvalue weighted by Gasteiger charge is -2.25. The predicted octanol–water partition coefficient (Wildman–Crippen LogP) is 3.84. The van der Waals surface area contributed by atoms with Gasteiger partial charge in [-0.25, -0.2) is 8.42 Å². The fraction of sp³-hybridized carbons (Fsp3) is 0.360. The van der Waals surface area contributed by atoms with E-state index in [0.717, 1.165) is 0 Å². The molecule has 0 saturated heterocycles. The van der Waals surface area contributed by atoms with Crippen LogP contribution in [0.2, 0.25) is 0 Å². The maximum absolute atomic E-state index is 13.1. The molecule has 10 heteroatoms. The number of nitrogens with one attached hydrogen (secondary N) is 1. The number of nitriles is 1. The molecule has 1 N–H and O–H groups in total. The monoisotopic (exact) mass is 498 g/mol. The second kappa shape index (κ2) is 11.3. The van der Waals surface area contributed by atoms with E-state index >= 15 is 0 Å². The van der Waals surface area contributed by atoms with Crippen LogP contribution in [0.4, 0.5) is 11.4 Å². The van der Waals surface area contributed by atoms with E-state index < -0.39 is 15.9 Å². The molecule has 0 unspecified atom stereocenters. The number of rotatable bonds is 10. The molecule has 2 aromatic rings. The second-order valence-electron chi connectivity index (χ2n) is 7.68. The average Bonchev–Trinajstić information content (AvgIpc) is 3.32. The van der Waals surface area contributed by atoms with Crippen molar-refractivity contribution in [2.45, 2.75) is 32.6 Å². The largest absolute Gasteiger partial charge is 0.454 e. The SMILES string of the molecule is CCN(CC)c1ccc(S(=O)(=O)N(CC)CC)cc1NC(=O)/C(C#N)=C/c1ccc2c(c1)OCO2. The molecule has 1 amide bonds. The summed E-state index contributed by atoms with van der Waals surface area (Å²) in [7, 11) is -3.74. The standard InChI is InChI=1S/C25H30N4O5S/c1-5-28(6-2)22-11-10-20(35(31,32)29(7-3)8-4)15-21(22)27-25(30)19(16-26)13-18-9-12-23-24(14-18)34-17-33-23/h9-15H,5-8,17H2,1-4H3,(H,27,30)/b19-13+.